The molecule has 0 aromatic heterocycles. The number of rotatable bonds is 9. The van der Waals surface area contributed by atoms with Gasteiger partial charge in [-0.05, 0) is 25.9 Å². The second-order valence-electron chi connectivity index (χ2n) is 6.54. The maximum Gasteiger partial charge on any atom is 0.234 e. The first-order chi connectivity index (χ1) is 10.0. The fourth-order valence-electron chi connectivity index (χ4n) is 2.62. The predicted molar refractivity (Wildman–Crippen MR) is 86.4 cm³/mol. The highest BCUT2D eigenvalue weighted by molar-refractivity contribution is 5.77. The number of carbonyl (C=O) groups excluding carboxylic acids is 1. The lowest BCUT2D eigenvalue weighted by molar-refractivity contribution is -0.123. The molecule has 0 aromatic carbocycles. The van der Waals surface area contributed by atoms with Crippen LogP contribution in [-0.4, -0.2) is 74.7 Å². The lowest BCUT2D eigenvalue weighted by Gasteiger charge is -2.34. The van der Waals surface area contributed by atoms with Gasteiger partial charge in [-0.2, -0.15) is 0 Å². The average molecular weight is 299 g/mol. The van der Waals surface area contributed by atoms with Crippen LogP contribution < -0.4 is 5.32 Å². The Bertz CT molecular complexity index is 297. The van der Waals surface area contributed by atoms with E-state index in [1.54, 1.807) is 0 Å². The van der Waals surface area contributed by atoms with Crippen LogP contribution in [-0.2, 0) is 9.53 Å². The van der Waals surface area contributed by atoms with Gasteiger partial charge >= 0.3 is 0 Å². The minimum Gasteiger partial charge on any atom is -0.374 e. The average Bonchev–Trinajstić information content (AvgIpc) is 2.42. The van der Waals surface area contributed by atoms with Crippen molar-refractivity contribution in [1.29, 1.82) is 0 Å². The highest BCUT2D eigenvalue weighted by atomic mass is 16.5. The highest BCUT2D eigenvalue weighted by Gasteiger charge is 2.21. The summed E-state index contributed by atoms with van der Waals surface area (Å²) in [5.74, 6) is 0.767. The minimum atomic E-state index is 0.0955. The van der Waals surface area contributed by atoms with Gasteiger partial charge in [0.25, 0.3) is 0 Å². The molecule has 0 aliphatic carbocycles. The molecule has 124 valence electrons. The van der Waals surface area contributed by atoms with E-state index in [1.165, 1.54) is 0 Å². The third-order valence-electron chi connectivity index (χ3n) is 3.68. The van der Waals surface area contributed by atoms with Crippen LogP contribution in [0.5, 0.6) is 0 Å². The number of likely N-dealkylation sites (N-methyl/N-ethyl adjacent to an activating group) is 1. The third kappa shape index (κ3) is 8.39. The summed E-state index contributed by atoms with van der Waals surface area (Å²) in [4.78, 5) is 16.4. The summed E-state index contributed by atoms with van der Waals surface area (Å²) in [6.45, 7) is 12.5. The molecule has 1 saturated heterocycles. The quantitative estimate of drug-likeness (QED) is 0.695. The van der Waals surface area contributed by atoms with E-state index >= 15 is 0 Å². The van der Waals surface area contributed by atoms with Crippen molar-refractivity contribution in [3.05, 3.63) is 0 Å². The molecule has 0 radical (unpaired) electrons. The van der Waals surface area contributed by atoms with Crippen LogP contribution in [0.4, 0.5) is 0 Å². The van der Waals surface area contributed by atoms with Gasteiger partial charge in [0.05, 0.1) is 19.3 Å². The molecule has 1 heterocycles. The molecular weight excluding hydrogens is 266 g/mol. The first kappa shape index (κ1) is 18.4. The number of nitrogens with zero attached hydrogens (tertiary/aromatic N) is 2. The number of nitrogens with one attached hydrogen (secondary N) is 1. The van der Waals surface area contributed by atoms with E-state index in [4.69, 9.17) is 4.74 Å². The highest BCUT2D eigenvalue weighted by Crippen LogP contribution is 2.07. The molecule has 21 heavy (non-hydrogen) atoms. The standard InChI is InChI=1S/C16H33N3O2/c1-5-6-7-18(4)13-16(20)17-10-15-12-19(8-9-21-15)11-14(2)3/h14-15H,5-13H2,1-4H3,(H,17,20). The first-order valence-corrected chi connectivity index (χ1v) is 8.30. The normalized spacial score (nSPS) is 20.2. The molecule has 1 atom stereocenters. The number of carbonyl (C=O) groups is 1. The topological polar surface area (TPSA) is 44.8 Å². The number of hydrogen-bond acceptors (Lipinski definition) is 4. The number of morpholine rings is 1. The summed E-state index contributed by atoms with van der Waals surface area (Å²) in [6, 6.07) is 0. The Morgan fingerprint density at radius 3 is 2.90 bits per heavy atom. The Kier molecular flexibility index (Phi) is 8.88. The van der Waals surface area contributed by atoms with Gasteiger partial charge in [-0.15, -0.1) is 0 Å². The van der Waals surface area contributed by atoms with Crippen LogP contribution in [0.3, 0.4) is 0 Å². The zero-order valence-corrected chi connectivity index (χ0v) is 14.2. The summed E-state index contributed by atoms with van der Waals surface area (Å²) in [5, 5.41) is 3.00. The van der Waals surface area contributed by atoms with Crippen molar-refractivity contribution >= 4 is 5.91 Å². The van der Waals surface area contributed by atoms with Crippen LogP contribution in [0.2, 0.25) is 0 Å². The van der Waals surface area contributed by atoms with Crippen molar-refractivity contribution < 1.29 is 9.53 Å². The van der Waals surface area contributed by atoms with Gasteiger partial charge in [-0.1, -0.05) is 27.2 Å². The van der Waals surface area contributed by atoms with Gasteiger partial charge in [0, 0.05) is 26.2 Å². The van der Waals surface area contributed by atoms with Crippen molar-refractivity contribution in [1.82, 2.24) is 15.1 Å². The van der Waals surface area contributed by atoms with Crippen molar-refractivity contribution in [2.75, 3.05) is 52.9 Å². The first-order valence-electron chi connectivity index (χ1n) is 8.30. The third-order valence-corrected chi connectivity index (χ3v) is 3.68. The zero-order valence-electron chi connectivity index (χ0n) is 14.2. The van der Waals surface area contributed by atoms with Gasteiger partial charge in [0.15, 0.2) is 0 Å². The van der Waals surface area contributed by atoms with E-state index in [2.05, 4.69) is 35.9 Å². The molecule has 5 nitrogen and oxygen atoms in total. The fraction of sp³-hybridized carbons (Fsp3) is 0.938. The largest absolute Gasteiger partial charge is 0.374 e. The molecular formula is C16H33N3O2. The molecule has 1 aliphatic heterocycles. The number of unbranched alkanes of at least 4 members (excludes halogenated alkanes) is 1. The van der Waals surface area contributed by atoms with E-state index in [0.717, 1.165) is 45.6 Å². The van der Waals surface area contributed by atoms with Crippen LogP contribution in [0.15, 0.2) is 0 Å². The Labute approximate surface area is 130 Å². The molecule has 0 bridgehead atoms. The lowest BCUT2D eigenvalue weighted by atomic mass is 10.2. The van der Waals surface area contributed by atoms with Crippen molar-refractivity contribution in [3.8, 4) is 0 Å². The monoisotopic (exact) mass is 299 g/mol. The number of amides is 1. The van der Waals surface area contributed by atoms with Crippen molar-refractivity contribution in [2.24, 2.45) is 5.92 Å². The SMILES string of the molecule is CCCCN(C)CC(=O)NCC1CN(CC(C)C)CCO1. The van der Waals surface area contributed by atoms with E-state index in [9.17, 15) is 4.79 Å². The maximum absolute atomic E-state index is 11.9. The van der Waals surface area contributed by atoms with Crippen LogP contribution in [0.1, 0.15) is 33.6 Å². The molecule has 1 rings (SSSR count). The molecule has 0 saturated carbocycles. The van der Waals surface area contributed by atoms with Gasteiger partial charge in [0.1, 0.15) is 0 Å². The summed E-state index contributed by atoms with van der Waals surface area (Å²) in [7, 11) is 2.00. The lowest BCUT2D eigenvalue weighted by Crippen LogP contribution is -2.49. The smallest absolute Gasteiger partial charge is 0.234 e. The summed E-state index contributed by atoms with van der Waals surface area (Å²) in [5.41, 5.74) is 0. The van der Waals surface area contributed by atoms with Gasteiger partial charge < -0.3 is 10.1 Å². The minimum absolute atomic E-state index is 0.0955. The molecule has 0 spiro atoms. The molecule has 1 unspecified atom stereocenters. The molecule has 1 amide bonds. The molecule has 5 heteroatoms. The van der Waals surface area contributed by atoms with Gasteiger partial charge in [0.2, 0.25) is 5.91 Å². The van der Waals surface area contributed by atoms with Gasteiger partial charge in [-0.3, -0.25) is 14.6 Å². The summed E-state index contributed by atoms with van der Waals surface area (Å²) < 4.78 is 5.74. The van der Waals surface area contributed by atoms with E-state index in [0.29, 0.717) is 19.0 Å². The van der Waals surface area contributed by atoms with Crippen LogP contribution >= 0.6 is 0 Å². The number of ether oxygens (including phenoxy) is 1. The zero-order chi connectivity index (χ0) is 15.7. The van der Waals surface area contributed by atoms with E-state index in [-0.39, 0.29) is 12.0 Å². The van der Waals surface area contributed by atoms with Crippen LogP contribution in [0, 0.1) is 5.92 Å². The van der Waals surface area contributed by atoms with Crippen LogP contribution in [0.25, 0.3) is 0 Å². The van der Waals surface area contributed by atoms with Gasteiger partial charge in [-0.25, -0.2) is 0 Å². The molecule has 1 aliphatic rings. The number of hydrogen-bond donors (Lipinski definition) is 1. The van der Waals surface area contributed by atoms with Crippen molar-refractivity contribution in [3.63, 3.8) is 0 Å². The van der Waals surface area contributed by atoms with Crippen molar-refractivity contribution in [2.45, 2.75) is 39.7 Å². The molecule has 0 aromatic rings. The predicted octanol–water partition coefficient (Wildman–Crippen LogP) is 1.19. The second kappa shape index (κ2) is 10.1. The second-order valence-corrected chi connectivity index (χ2v) is 6.54. The Morgan fingerprint density at radius 2 is 2.24 bits per heavy atom. The van der Waals surface area contributed by atoms with E-state index < -0.39 is 0 Å². The van der Waals surface area contributed by atoms with E-state index in [1.807, 2.05) is 7.05 Å². The Hall–Kier alpha value is -0.650. The summed E-state index contributed by atoms with van der Waals surface area (Å²) >= 11 is 0. The molecule has 1 N–H and O–H groups in total. The Morgan fingerprint density at radius 1 is 1.48 bits per heavy atom. The summed E-state index contributed by atoms with van der Waals surface area (Å²) in [6.07, 6.45) is 2.43. The molecule has 1 fully saturated rings. The fourth-order valence-corrected chi connectivity index (χ4v) is 2.62. The maximum atomic E-state index is 11.9. The Balaban J connectivity index is 2.19.